The fourth-order valence-corrected chi connectivity index (χ4v) is 0.721. The summed E-state index contributed by atoms with van der Waals surface area (Å²) in [6, 6.07) is 0. The van der Waals surface area contributed by atoms with Crippen molar-refractivity contribution in [1.82, 2.24) is 0 Å². The summed E-state index contributed by atoms with van der Waals surface area (Å²) in [6.45, 7) is 10.8. The maximum absolute atomic E-state index is 11.0. The van der Waals surface area contributed by atoms with Crippen molar-refractivity contribution in [3.05, 3.63) is 48.8 Å². The molecule has 0 aromatic carbocycles. The zero-order chi connectivity index (χ0) is 11.0. The lowest BCUT2D eigenvalue weighted by Gasteiger charge is -2.04. The van der Waals surface area contributed by atoms with E-state index in [4.69, 9.17) is 4.74 Å². The molecule has 0 aliphatic carbocycles. The molecule has 0 fully saturated rings. The predicted molar refractivity (Wildman–Crippen MR) is 58.6 cm³/mol. The van der Waals surface area contributed by atoms with Crippen molar-refractivity contribution in [3.63, 3.8) is 0 Å². The minimum atomic E-state index is -0.457. The van der Waals surface area contributed by atoms with E-state index in [2.05, 4.69) is 13.2 Å². The van der Waals surface area contributed by atoms with Gasteiger partial charge in [-0.3, -0.25) is 0 Å². The predicted octanol–water partition coefficient (Wildman–Crippen LogP) is 3.14. The molecule has 0 radical (unpaired) electrons. The molecule has 0 atom stereocenters. The highest BCUT2D eigenvalue weighted by Gasteiger charge is 2.01. The summed E-state index contributed by atoms with van der Waals surface area (Å²) in [4.78, 5) is 11.0. The number of hydrogen-bond acceptors (Lipinski definition) is 2. The van der Waals surface area contributed by atoms with Crippen molar-refractivity contribution < 1.29 is 9.53 Å². The third-order valence-electron chi connectivity index (χ3n) is 1.58. The van der Waals surface area contributed by atoms with Crippen molar-refractivity contribution >= 4 is 5.97 Å². The normalized spacial score (nSPS) is 12.1. The van der Waals surface area contributed by atoms with Crippen molar-refractivity contribution in [2.24, 2.45) is 0 Å². The summed E-state index contributed by atoms with van der Waals surface area (Å²) in [5, 5.41) is 0. The first-order chi connectivity index (χ1) is 6.65. The van der Waals surface area contributed by atoms with Crippen LogP contribution >= 0.6 is 0 Å². The van der Waals surface area contributed by atoms with E-state index >= 15 is 0 Å². The average molecular weight is 192 g/mol. The van der Waals surface area contributed by atoms with Crippen LogP contribution in [-0.4, -0.2) is 5.97 Å². The SMILES string of the molecule is C=CC(=O)OC(/C=C\CC)=C(\C)C=C. The molecule has 0 saturated heterocycles. The molecule has 0 aromatic rings. The fraction of sp³-hybridized carbons (Fsp3) is 0.250. The van der Waals surface area contributed by atoms with E-state index in [9.17, 15) is 4.79 Å². The molecule has 0 rings (SSSR count). The van der Waals surface area contributed by atoms with E-state index in [1.807, 2.05) is 19.9 Å². The molecule has 0 heterocycles. The number of rotatable bonds is 5. The van der Waals surface area contributed by atoms with Gasteiger partial charge >= 0.3 is 5.97 Å². The minimum absolute atomic E-state index is 0.457. The van der Waals surface area contributed by atoms with Gasteiger partial charge in [-0.15, -0.1) is 0 Å². The number of carbonyl (C=O) groups is 1. The summed E-state index contributed by atoms with van der Waals surface area (Å²) >= 11 is 0. The Balaban J connectivity index is 4.73. The van der Waals surface area contributed by atoms with E-state index in [1.54, 1.807) is 12.2 Å². The van der Waals surface area contributed by atoms with Gasteiger partial charge in [0, 0.05) is 6.08 Å². The first-order valence-electron chi connectivity index (χ1n) is 4.49. The zero-order valence-corrected chi connectivity index (χ0v) is 8.75. The molecular weight excluding hydrogens is 176 g/mol. The second kappa shape index (κ2) is 6.89. The molecule has 0 N–H and O–H groups in total. The van der Waals surface area contributed by atoms with Gasteiger partial charge in [-0.2, -0.15) is 0 Å². The summed E-state index contributed by atoms with van der Waals surface area (Å²) in [6.07, 6.45) is 7.35. The Morgan fingerprint density at radius 1 is 1.36 bits per heavy atom. The fourth-order valence-electron chi connectivity index (χ4n) is 0.721. The second-order valence-electron chi connectivity index (χ2n) is 2.69. The van der Waals surface area contributed by atoms with Gasteiger partial charge in [0.25, 0.3) is 0 Å². The van der Waals surface area contributed by atoms with Crippen LogP contribution in [0.1, 0.15) is 20.3 Å². The summed E-state index contributed by atoms with van der Waals surface area (Å²) in [5.74, 6) is 0.0636. The quantitative estimate of drug-likeness (QED) is 0.289. The van der Waals surface area contributed by atoms with Crippen LogP contribution in [0.4, 0.5) is 0 Å². The van der Waals surface area contributed by atoms with Gasteiger partial charge in [0.1, 0.15) is 5.76 Å². The van der Waals surface area contributed by atoms with Crippen LogP contribution in [0, 0.1) is 0 Å². The zero-order valence-electron chi connectivity index (χ0n) is 8.75. The van der Waals surface area contributed by atoms with E-state index in [0.717, 1.165) is 18.1 Å². The molecule has 2 nitrogen and oxygen atoms in total. The highest BCUT2D eigenvalue weighted by molar-refractivity contribution is 5.82. The summed E-state index contributed by atoms with van der Waals surface area (Å²) in [7, 11) is 0. The van der Waals surface area contributed by atoms with Gasteiger partial charge in [-0.25, -0.2) is 4.79 Å². The van der Waals surface area contributed by atoms with Crippen LogP contribution in [0.15, 0.2) is 48.8 Å². The average Bonchev–Trinajstić information content (AvgIpc) is 2.22. The van der Waals surface area contributed by atoms with E-state index in [1.165, 1.54) is 0 Å². The van der Waals surface area contributed by atoms with Crippen LogP contribution < -0.4 is 0 Å². The van der Waals surface area contributed by atoms with Gasteiger partial charge < -0.3 is 4.74 Å². The number of allylic oxidation sites excluding steroid dienone is 4. The molecule has 0 aliphatic heterocycles. The second-order valence-corrected chi connectivity index (χ2v) is 2.69. The molecule has 0 bridgehead atoms. The molecule has 0 aromatic heterocycles. The van der Waals surface area contributed by atoms with Crippen molar-refractivity contribution in [3.8, 4) is 0 Å². The lowest BCUT2D eigenvalue weighted by molar-refractivity contribution is -0.133. The largest absolute Gasteiger partial charge is 0.423 e. The summed E-state index contributed by atoms with van der Waals surface area (Å²) in [5.41, 5.74) is 0.824. The maximum atomic E-state index is 11.0. The van der Waals surface area contributed by atoms with Gasteiger partial charge in [-0.05, 0) is 25.0 Å². The van der Waals surface area contributed by atoms with Crippen LogP contribution in [0.3, 0.4) is 0 Å². The molecule has 0 spiro atoms. The number of ether oxygens (including phenoxy) is 1. The Morgan fingerprint density at radius 2 is 2.00 bits per heavy atom. The van der Waals surface area contributed by atoms with Crippen LogP contribution in [0.25, 0.3) is 0 Å². The molecule has 14 heavy (non-hydrogen) atoms. The van der Waals surface area contributed by atoms with Crippen molar-refractivity contribution in [1.29, 1.82) is 0 Å². The standard InChI is InChI=1S/C12H16O2/c1-5-8-9-11(10(4)6-2)14-12(13)7-3/h6-9H,2-3,5H2,1,4H3/b9-8-,11-10+. The van der Waals surface area contributed by atoms with Gasteiger partial charge in [0.15, 0.2) is 0 Å². The molecule has 2 heteroatoms. The molecule has 0 amide bonds. The molecule has 76 valence electrons. The summed E-state index contributed by atoms with van der Waals surface area (Å²) < 4.78 is 5.02. The number of carbonyl (C=O) groups excluding carboxylic acids is 1. The van der Waals surface area contributed by atoms with E-state index < -0.39 is 5.97 Å². The Hall–Kier alpha value is -1.57. The first kappa shape index (κ1) is 12.4. The maximum Gasteiger partial charge on any atom is 0.335 e. The van der Waals surface area contributed by atoms with Crippen LogP contribution in [0.2, 0.25) is 0 Å². The number of esters is 1. The van der Waals surface area contributed by atoms with E-state index in [0.29, 0.717) is 5.76 Å². The molecule has 0 saturated carbocycles. The topological polar surface area (TPSA) is 26.3 Å². The third-order valence-corrected chi connectivity index (χ3v) is 1.58. The lowest BCUT2D eigenvalue weighted by atomic mass is 10.2. The van der Waals surface area contributed by atoms with Gasteiger partial charge in [0.2, 0.25) is 0 Å². The molecular formula is C12H16O2. The van der Waals surface area contributed by atoms with Crippen LogP contribution in [-0.2, 0) is 9.53 Å². The first-order valence-corrected chi connectivity index (χ1v) is 4.49. The Kier molecular flexibility index (Phi) is 6.12. The Labute approximate surface area is 85.3 Å². The van der Waals surface area contributed by atoms with Crippen molar-refractivity contribution in [2.75, 3.05) is 0 Å². The minimum Gasteiger partial charge on any atom is -0.423 e. The van der Waals surface area contributed by atoms with E-state index in [-0.39, 0.29) is 0 Å². The monoisotopic (exact) mass is 192 g/mol. The molecule has 0 aliphatic rings. The smallest absolute Gasteiger partial charge is 0.335 e. The molecule has 0 unspecified atom stereocenters. The number of hydrogen-bond donors (Lipinski definition) is 0. The van der Waals surface area contributed by atoms with Crippen molar-refractivity contribution in [2.45, 2.75) is 20.3 Å². The Bertz CT molecular complexity index is 283. The highest BCUT2D eigenvalue weighted by atomic mass is 16.5. The van der Waals surface area contributed by atoms with Gasteiger partial charge in [-0.1, -0.05) is 32.2 Å². The van der Waals surface area contributed by atoms with Gasteiger partial charge in [0.05, 0.1) is 0 Å². The highest BCUT2D eigenvalue weighted by Crippen LogP contribution is 2.09. The Morgan fingerprint density at radius 3 is 2.43 bits per heavy atom. The third kappa shape index (κ3) is 4.45. The van der Waals surface area contributed by atoms with Crippen LogP contribution in [0.5, 0.6) is 0 Å². The lowest BCUT2D eigenvalue weighted by Crippen LogP contribution is -2.00.